The number of hydrogen-bond acceptors (Lipinski definition) is 8. The summed E-state index contributed by atoms with van der Waals surface area (Å²) in [4.78, 5) is 22.0. The first-order valence-electron chi connectivity index (χ1n) is 11.8. The molecule has 1 saturated carbocycles. The van der Waals surface area contributed by atoms with Gasteiger partial charge in [-0.05, 0) is 18.4 Å². The fourth-order valence-electron chi connectivity index (χ4n) is 4.24. The first-order valence-corrected chi connectivity index (χ1v) is 12.7. The summed E-state index contributed by atoms with van der Waals surface area (Å²) < 4.78 is 52.1. The summed E-state index contributed by atoms with van der Waals surface area (Å²) in [7, 11) is 3.09. The molecule has 8 nitrogen and oxygen atoms in total. The van der Waals surface area contributed by atoms with Crippen molar-refractivity contribution in [1.82, 2.24) is 29.5 Å². The number of ether oxygens (including phenoxy) is 2. The number of methoxy groups -OCH3 is 1. The molecule has 6 rings (SSSR count). The molecule has 0 amide bonds. The van der Waals surface area contributed by atoms with Crippen LogP contribution in [0, 0.1) is 0 Å². The Balaban J connectivity index is 1.28. The normalized spacial score (nSPS) is 13.7. The number of alkyl halides is 3. The fraction of sp³-hybridized carbons (Fsp3) is 0.269. The van der Waals surface area contributed by atoms with Gasteiger partial charge in [0.25, 0.3) is 0 Å². The number of benzene rings is 1. The maximum absolute atomic E-state index is 13.0. The molecular formula is C26H21F3N6O2S. The van der Waals surface area contributed by atoms with Crippen LogP contribution >= 0.6 is 11.3 Å². The third-order valence-corrected chi connectivity index (χ3v) is 7.01. The standard InChI is InChI=1S/C26H21F3N6O2S/c1-35-9-19(26(27,28)29)33-23(35)16-5-3-14(4-6-16)10-37-24-17-11-38-12-18(17)32-22(34-24)20-21(15-7-8-15)30-13-31-25(20)36-2/h3-6,9,11-13,15H,7-8,10H2,1-2H3. The Bertz CT molecular complexity index is 1630. The molecule has 0 N–H and O–H groups in total. The summed E-state index contributed by atoms with van der Waals surface area (Å²) in [6, 6.07) is 7.04. The highest BCUT2D eigenvalue weighted by atomic mass is 32.1. The second-order valence-electron chi connectivity index (χ2n) is 8.98. The molecule has 12 heteroatoms. The van der Waals surface area contributed by atoms with Gasteiger partial charge in [-0.15, -0.1) is 11.3 Å². The van der Waals surface area contributed by atoms with E-state index < -0.39 is 11.9 Å². The quantitative estimate of drug-likeness (QED) is 0.250. The Morgan fingerprint density at radius 2 is 1.82 bits per heavy atom. The molecule has 0 unspecified atom stereocenters. The lowest BCUT2D eigenvalue weighted by Crippen LogP contribution is -2.05. The van der Waals surface area contributed by atoms with E-state index in [0.29, 0.717) is 34.6 Å². The number of aromatic nitrogens is 6. The molecule has 0 radical (unpaired) electrons. The number of halogens is 3. The SMILES string of the molecule is COc1ncnc(C2CC2)c1-c1nc(OCc2ccc(-c3nc(C(F)(F)F)cn3C)cc2)c2cscc2n1. The van der Waals surface area contributed by atoms with Crippen LogP contribution in [0.3, 0.4) is 0 Å². The topological polar surface area (TPSA) is 87.8 Å². The summed E-state index contributed by atoms with van der Waals surface area (Å²) in [5, 5.41) is 4.64. The Kier molecular flexibility index (Phi) is 5.98. The average molecular weight is 539 g/mol. The molecular weight excluding hydrogens is 517 g/mol. The molecule has 38 heavy (non-hydrogen) atoms. The minimum atomic E-state index is -4.50. The lowest BCUT2D eigenvalue weighted by atomic mass is 10.1. The molecule has 4 heterocycles. The van der Waals surface area contributed by atoms with Gasteiger partial charge < -0.3 is 14.0 Å². The van der Waals surface area contributed by atoms with Crippen LogP contribution in [0.15, 0.2) is 47.5 Å². The molecule has 5 aromatic rings. The number of thiophene rings is 1. The van der Waals surface area contributed by atoms with E-state index >= 15 is 0 Å². The first kappa shape index (κ1) is 24.3. The van der Waals surface area contributed by atoms with Gasteiger partial charge in [0.15, 0.2) is 11.5 Å². The van der Waals surface area contributed by atoms with E-state index in [0.717, 1.165) is 41.2 Å². The van der Waals surface area contributed by atoms with E-state index in [1.807, 2.05) is 10.8 Å². The molecule has 0 saturated heterocycles. The van der Waals surface area contributed by atoms with Crippen molar-refractivity contribution in [3.63, 3.8) is 0 Å². The minimum Gasteiger partial charge on any atom is -0.480 e. The summed E-state index contributed by atoms with van der Waals surface area (Å²) in [5.74, 6) is 1.84. The van der Waals surface area contributed by atoms with Crippen LogP contribution in [-0.4, -0.2) is 36.6 Å². The Labute approximate surface area is 219 Å². The van der Waals surface area contributed by atoms with Gasteiger partial charge in [-0.25, -0.2) is 19.9 Å². The molecule has 0 aliphatic heterocycles. The maximum atomic E-state index is 13.0. The Hall–Kier alpha value is -4.06. The zero-order valence-electron chi connectivity index (χ0n) is 20.4. The largest absolute Gasteiger partial charge is 0.480 e. The van der Waals surface area contributed by atoms with Crippen LogP contribution < -0.4 is 9.47 Å². The van der Waals surface area contributed by atoms with E-state index in [9.17, 15) is 13.2 Å². The predicted molar refractivity (Wildman–Crippen MR) is 135 cm³/mol. The zero-order valence-corrected chi connectivity index (χ0v) is 21.2. The Morgan fingerprint density at radius 1 is 1.03 bits per heavy atom. The van der Waals surface area contributed by atoms with Crippen molar-refractivity contribution in [3.8, 4) is 34.5 Å². The van der Waals surface area contributed by atoms with Gasteiger partial charge in [-0.1, -0.05) is 24.3 Å². The van der Waals surface area contributed by atoms with Gasteiger partial charge in [0.2, 0.25) is 11.8 Å². The molecule has 0 atom stereocenters. The van der Waals surface area contributed by atoms with Crippen LogP contribution in [0.1, 0.15) is 35.7 Å². The van der Waals surface area contributed by atoms with Crippen LogP contribution in [0.2, 0.25) is 0 Å². The van der Waals surface area contributed by atoms with Crippen molar-refractivity contribution in [2.75, 3.05) is 7.11 Å². The number of aryl methyl sites for hydroxylation is 1. The second-order valence-corrected chi connectivity index (χ2v) is 9.73. The third-order valence-electron chi connectivity index (χ3n) is 6.28. The van der Waals surface area contributed by atoms with E-state index in [1.54, 1.807) is 31.4 Å². The number of nitrogens with zero attached hydrogens (tertiary/aromatic N) is 6. The van der Waals surface area contributed by atoms with Gasteiger partial charge in [-0.2, -0.15) is 18.2 Å². The summed E-state index contributed by atoms with van der Waals surface area (Å²) in [5.41, 5.74) is 2.76. The van der Waals surface area contributed by atoms with Gasteiger partial charge >= 0.3 is 6.18 Å². The predicted octanol–water partition coefficient (Wildman–Crippen LogP) is 6.03. The Morgan fingerprint density at radius 3 is 2.50 bits per heavy atom. The number of fused-ring (bicyclic) bond motifs is 1. The first-order chi connectivity index (χ1) is 18.3. The van der Waals surface area contributed by atoms with Crippen molar-refractivity contribution in [3.05, 3.63) is 64.5 Å². The van der Waals surface area contributed by atoms with E-state index in [2.05, 4.69) is 15.0 Å². The van der Waals surface area contributed by atoms with Gasteiger partial charge in [0.1, 0.15) is 24.3 Å². The van der Waals surface area contributed by atoms with E-state index in [1.165, 1.54) is 29.3 Å². The molecule has 4 aromatic heterocycles. The summed E-state index contributed by atoms with van der Waals surface area (Å²) >= 11 is 1.50. The monoisotopic (exact) mass is 538 g/mol. The average Bonchev–Trinajstić information content (AvgIpc) is 3.51. The van der Waals surface area contributed by atoms with Crippen molar-refractivity contribution >= 4 is 22.2 Å². The molecule has 0 bridgehead atoms. The highest BCUT2D eigenvalue weighted by Crippen LogP contribution is 2.45. The van der Waals surface area contributed by atoms with E-state index in [4.69, 9.17) is 19.4 Å². The van der Waals surface area contributed by atoms with Gasteiger partial charge in [-0.3, -0.25) is 0 Å². The van der Waals surface area contributed by atoms with Crippen LogP contribution in [0.25, 0.3) is 33.7 Å². The van der Waals surface area contributed by atoms with Crippen LogP contribution in [0.4, 0.5) is 13.2 Å². The van der Waals surface area contributed by atoms with Gasteiger partial charge in [0, 0.05) is 35.5 Å². The summed E-state index contributed by atoms with van der Waals surface area (Å²) in [6.45, 7) is 0.202. The summed E-state index contributed by atoms with van der Waals surface area (Å²) in [6.07, 6.45) is 0.0656. The van der Waals surface area contributed by atoms with Crippen molar-refractivity contribution < 1.29 is 22.6 Å². The van der Waals surface area contributed by atoms with Crippen molar-refractivity contribution in [1.29, 1.82) is 0 Å². The fourth-order valence-corrected chi connectivity index (χ4v) is 4.97. The number of hydrogen-bond donors (Lipinski definition) is 0. The molecule has 0 spiro atoms. The lowest BCUT2D eigenvalue weighted by Gasteiger charge is -2.13. The third kappa shape index (κ3) is 4.55. The van der Waals surface area contributed by atoms with Crippen molar-refractivity contribution in [2.24, 2.45) is 7.05 Å². The highest BCUT2D eigenvalue weighted by Gasteiger charge is 2.34. The molecule has 1 aromatic carbocycles. The zero-order chi connectivity index (χ0) is 26.4. The van der Waals surface area contributed by atoms with Crippen LogP contribution in [-0.2, 0) is 19.8 Å². The minimum absolute atomic E-state index is 0.202. The molecule has 194 valence electrons. The van der Waals surface area contributed by atoms with Crippen molar-refractivity contribution in [2.45, 2.75) is 31.5 Å². The lowest BCUT2D eigenvalue weighted by molar-refractivity contribution is -0.140. The molecule has 1 aliphatic carbocycles. The van der Waals surface area contributed by atoms with E-state index in [-0.39, 0.29) is 12.4 Å². The highest BCUT2D eigenvalue weighted by molar-refractivity contribution is 7.09. The number of imidazole rings is 1. The maximum Gasteiger partial charge on any atom is 0.434 e. The molecule has 1 aliphatic rings. The molecule has 1 fully saturated rings. The number of rotatable bonds is 7. The van der Waals surface area contributed by atoms with Gasteiger partial charge in [0.05, 0.1) is 23.7 Å². The second kappa shape index (κ2) is 9.35. The smallest absolute Gasteiger partial charge is 0.434 e. The van der Waals surface area contributed by atoms with Crippen LogP contribution in [0.5, 0.6) is 11.8 Å².